The number of carbonyl (C=O) groups is 4. The fourth-order valence-corrected chi connectivity index (χ4v) is 3.54. The summed E-state index contributed by atoms with van der Waals surface area (Å²) in [6.45, 7) is 1.59. The van der Waals surface area contributed by atoms with Crippen molar-refractivity contribution in [2.24, 2.45) is 0 Å². The van der Waals surface area contributed by atoms with Crippen molar-refractivity contribution in [2.45, 2.75) is 13.3 Å². The van der Waals surface area contributed by atoms with Gasteiger partial charge in [-0.2, -0.15) is 0 Å². The Kier molecular flexibility index (Phi) is 5.88. The summed E-state index contributed by atoms with van der Waals surface area (Å²) < 4.78 is 5.13. The first-order valence-electron chi connectivity index (χ1n) is 9.96. The average Bonchev–Trinajstić information content (AvgIpc) is 3.07. The molecule has 1 aliphatic heterocycles. The highest BCUT2D eigenvalue weighted by molar-refractivity contribution is 6.35. The van der Waals surface area contributed by atoms with Crippen LogP contribution in [0, 0.1) is 0 Å². The summed E-state index contributed by atoms with van der Waals surface area (Å²) in [6, 6.07) is 17.5. The second kappa shape index (κ2) is 8.77. The fourth-order valence-electron chi connectivity index (χ4n) is 3.42. The van der Waals surface area contributed by atoms with Crippen LogP contribution in [0.5, 0.6) is 0 Å². The van der Waals surface area contributed by atoms with E-state index < -0.39 is 24.4 Å². The molecule has 0 radical (unpaired) electrons. The molecule has 1 heterocycles. The highest BCUT2D eigenvalue weighted by atomic mass is 35.5. The van der Waals surface area contributed by atoms with Crippen molar-refractivity contribution in [2.75, 3.05) is 11.5 Å². The summed E-state index contributed by atoms with van der Waals surface area (Å²) in [4.78, 5) is 51.3. The zero-order chi connectivity index (χ0) is 22.8. The van der Waals surface area contributed by atoms with Gasteiger partial charge in [-0.15, -0.1) is 0 Å². The molecule has 0 fully saturated rings. The van der Waals surface area contributed by atoms with E-state index in [0.29, 0.717) is 16.3 Å². The van der Waals surface area contributed by atoms with Crippen LogP contribution < -0.4 is 4.90 Å². The standard InChI is InChI=1S/C25H18ClNO5/c1-2-15-3-5-16(6-4-15)22(28)14-32-25(31)17-7-12-20-21(13-17)24(30)27(23(20)29)19-10-8-18(26)9-11-19/h3-13H,2,14H2,1H3. The van der Waals surface area contributed by atoms with E-state index in [1.807, 2.05) is 19.1 Å². The number of carbonyl (C=O) groups excluding carboxylic acids is 4. The lowest BCUT2D eigenvalue weighted by molar-refractivity contribution is 0.0474. The van der Waals surface area contributed by atoms with E-state index in [4.69, 9.17) is 16.3 Å². The Morgan fingerprint density at radius 1 is 0.844 bits per heavy atom. The molecule has 0 unspecified atom stereocenters. The van der Waals surface area contributed by atoms with Crippen LogP contribution in [0.3, 0.4) is 0 Å². The van der Waals surface area contributed by atoms with E-state index in [1.54, 1.807) is 36.4 Å². The molecule has 0 bridgehead atoms. The molecule has 0 saturated carbocycles. The van der Waals surface area contributed by atoms with Crippen LogP contribution in [-0.2, 0) is 11.2 Å². The minimum absolute atomic E-state index is 0.0805. The molecule has 4 rings (SSSR count). The smallest absolute Gasteiger partial charge is 0.338 e. The molecule has 6 nitrogen and oxygen atoms in total. The molecule has 7 heteroatoms. The number of rotatable bonds is 6. The summed E-state index contributed by atoms with van der Waals surface area (Å²) in [6.07, 6.45) is 0.860. The highest BCUT2D eigenvalue weighted by Gasteiger charge is 2.37. The van der Waals surface area contributed by atoms with Crippen LogP contribution in [0.2, 0.25) is 5.02 Å². The second-order valence-electron chi connectivity index (χ2n) is 7.23. The second-order valence-corrected chi connectivity index (χ2v) is 7.67. The maximum atomic E-state index is 12.8. The number of benzene rings is 3. The van der Waals surface area contributed by atoms with Gasteiger partial charge in [0, 0.05) is 10.6 Å². The van der Waals surface area contributed by atoms with Crippen molar-refractivity contribution >= 4 is 40.9 Å². The molecular formula is C25H18ClNO5. The van der Waals surface area contributed by atoms with Crippen LogP contribution in [-0.4, -0.2) is 30.2 Å². The van der Waals surface area contributed by atoms with Crippen LogP contribution in [0.15, 0.2) is 66.7 Å². The van der Waals surface area contributed by atoms with E-state index in [0.717, 1.165) is 16.9 Å². The Labute approximate surface area is 189 Å². The fraction of sp³-hybridized carbons (Fsp3) is 0.120. The zero-order valence-corrected chi connectivity index (χ0v) is 17.9. The molecule has 3 aromatic rings. The van der Waals surface area contributed by atoms with Crippen molar-refractivity contribution in [1.29, 1.82) is 0 Å². The van der Waals surface area contributed by atoms with Crippen molar-refractivity contribution in [3.63, 3.8) is 0 Å². The number of amides is 2. The number of imide groups is 1. The molecule has 2 amide bonds. The van der Waals surface area contributed by atoms with Crippen LogP contribution in [0.25, 0.3) is 0 Å². The van der Waals surface area contributed by atoms with Gasteiger partial charge in [-0.3, -0.25) is 14.4 Å². The summed E-state index contributed by atoms with van der Waals surface area (Å²) in [5.74, 6) is -2.12. The molecule has 0 aliphatic carbocycles. The van der Waals surface area contributed by atoms with Gasteiger partial charge in [-0.05, 0) is 54.4 Å². The topological polar surface area (TPSA) is 80.8 Å². The van der Waals surface area contributed by atoms with Crippen molar-refractivity contribution in [1.82, 2.24) is 0 Å². The maximum absolute atomic E-state index is 12.8. The number of aryl methyl sites for hydroxylation is 1. The minimum atomic E-state index is -0.753. The van der Waals surface area contributed by atoms with Gasteiger partial charge < -0.3 is 4.74 Å². The van der Waals surface area contributed by atoms with Gasteiger partial charge in [0.25, 0.3) is 11.8 Å². The quantitative estimate of drug-likeness (QED) is 0.309. The van der Waals surface area contributed by atoms with Crippen LogP contribution in [0.1, 0.15) is 53.9 Å². The lowest BCUT2D eigenvalue weighted by atomic mass is 10.1. The third-order valence-corrected chi connectivity index (χ3v) is 5.48. The number of hydrogen-bond acceptors (Lipinski definition) is 5. The van der Waals surface area contributed by atoms with Gasteiger partial charge in [0.1, 0.15) is 0 Å². The van der Waals surface area contributed by atoms with E-state index >= 15 is 0 Å². The largest absolute Gasteiger partial charge is 0.454 e. The lowest BCUT2D eigenvalue weighted by Crippen LogP contribution is -2.29. The number of ketones is 1. The highest BCUT2D eigenvalue weighted by Crippen LogP contribution is 2.30. The van der Waals surface area contributed by atoms with Crippen LogP contribution in [0.4, 0.5) is 5.69 Å². The molecule has 0 aromatic heterocycles. The molecule has 1 aliphatic rings. The summed E-state index contributed by atoms with van der Waals surface area (Å²) >= 11 is 5.88. The van der Waals surface area contributed by atoms with Gasteiger partial charge in [-0.25, -0.2) is 9.69 Å². The number of Topliss-reactive ketones (excluding diaryl/α,β-unsaturated/α-hetero) is 1. The Bertz CT molecular complexity index is 1230. The van der Waals surface area contributed by atoms with E-state index in [-0.39, 0.29) is 22.5 Å². The van der Waals surface area contributed by atoms with Gasteiger partial charge in [0.2, 0.25) is 0 Å². The van der Waals surface area contributed by atoms with E-state index in [9.17, 15) is 19.2 Å². The molecule has 0 saturated heterocycles. The van der Waals surface area contributed by atoms with Crippen LogP contribution >= 0.6 is 11.6 Å². The van der Waals surface area contributed by atoms with E-state index in [2.05, 4.69) is 0 Å². The van der Waals surface area contributed by atoms with Crippen molar-refractivity contribution in [3.05, 3.63) is 99.6 Å². The predicted molar refractivity (Wildman–Crippen MR) is 119 cm³/mol. The van der Waals surface area contributed by atoms with Gasteiger partial charge in [0.05, 0.1) is 22.4 Å². The molecule has 0 spiro atoms. The van der Waals surface area contributed by atoms with Crippen molar-refractivity contribution in [3.8, 4) is 0 Å². The minimum Gasteiger partial charge on any atom is -0.454 e. The number of fused-ring (bicyclic) bond motifs is 1. The lowest BCUT2D eigenvalue weighted by Gasteiger charge is -2.13. The number of anilines is 1. The summed E-state index contributed by atoms with van der Waals surface area (Å²) in [5.41, 5.74) is 2.29. The number of halogens is 1. The molecule has 160 valence electrons. The summed E-state index contributed by atoms with van der Waals surface area (Å²) in [7, 11) is 0. The summed E-state index contributed by atoms with van der Waals surface area (Å²) in [5, 5.41) is 0.478. The Morgan fingerprint density at radius 2 is 1.47 bits per heavy atom. The Hall–Kier alpha value is -3.77. The normalized spacial score (nSPS) is 12.6. The number of ether oxygens (including phenoxy) is 1. The van der Waals surface area contributed by atoms with E-state index in [1.165, 1.54) is 18.2 Å². The van der Waals surface area contributed by atoms with Gasteiger partial charge in [-0.1, -0.05) is 42.8 Å². The molecule has 0 atom stereocenters. The number of hydrogen-bond donors (Lipinski definition) is 0. The average molecular weight is 448 g/mol. The SMILES string of the molecule is CCc1ccc(C(=O)COC(=O)c2ccc3c(c2)C(=O)N(c2ccc(Cl)cc2)C3=O)cc1. The third-order valence-electron chi connectivity index (χ3n) is 5.23. The first-order valence-corrected chi connectivity index (χ1v) is 10.3. The molecule has 32 heavy (non-hydrogen) atoms. The van der Waals surface area contributed by atoms with Gasteiger partial charge in [0.15, 0.2) is 12.4 Å². The first kappa shape index (κ1) is 21.5. The monoisotopic (exact) mass is 447 g/mol. The molecule has 3 aromatic carbocycles. The molecular weight excluding hydrogens is 430 g/mol. The zero-order valence-electron chi connectivity index (χ0n) is 17.1. The first-order chi connectivity index (χ1) is 15.4. The third kappa shape index (κ3) is 4.05. The number of esters is 1. The predicted octanol–water partition coefficient (Wildman–Crippen LogP) is 4.74. The number of nitrogens with zero attached hydrogens (tertiary/aromatic N) is 1. The van der Waals surface area contributed by atoms with Gasteiger partial charge >= 0.3 is 5.97 Å². The maximum Gasteiger partial charge on any atom is 0.338 e. The Morgan fingerprint density at radius 3 is 2.12 bits per heavy atom. The van der Waals surface area contributed by atoms with Crippen molar-refractivity contribution < 1.29 is 23.9 Å². The molecule has 0 N–H and O–H groups in total. The Balaban J connectivity index is 1.48.